The molecule has 0 aromatic heterocycles. The summed E-state index contributed by atoms with van der Waals surface area (Å²) in [5.41, 5.74) is 1.02. The molecule has 3 nitrogen and oxygen atoms in total. The SMILES string of the molecule is COC(=O)C(Nc1ccc(Cl)cc1)c1cc(F)cc(Cl)c1. The van der Waals surface area contributed by atoms with Crippen LogP contribution in [0, 0.1) is 5.82 Å². The van der Waals surface area contributed by atoms with Gasteiger partial charge in [-0.15, -0.1) is 0 Å². The van der Waals surface area contributed by atoms with E-state index in [9.17, 15) is 9.18 Å². The van der Waals surface area contributed by atoms with Crippen molar-refractivity contribution in [1.82, 2.24) is 0 Å². The summed E-state index contributed by atoms with van der Waals surface area (Å²) >= 11 is 11.6. The molecule has 2 aromatic rings. The Morgan fingerprint density at radius 2 is 1.81 bits per heavy atom. The maximum Gasteiger partial charge on any atom is 0.332 e. The Balaban J connectivity index is 2.34. The van der Waals surface area contributed by atoms with Crippen LogP contribution in [-0.2, 0) is 9.53 Å². The van der Waals surface area contributed by atoms with Crippen molar-refractivity contribution in [3.63, 3.8) is 0 Å². The molecule has 0 aliphatic rings. The van der Waals surface area contributed by atoms with Gasteiger partial charge in [-0.05, 0) is 48.0 Å². The minimum atomic E-state index is -0.871. The van der Waals surface area contributed by atoms with Crippen LogP contribution in [0.2, 0.25) is 10.0 Å². The number of esters is 1. The molecule has 2 aromatic carbocycles. The molecule has 0 fully saturated rings. The molecule has 0 radical (unpaired) electrons. The molecule has 1 N–H and O–H groups in total. The summed E-state index contributed by atoms with van der Waals surface area (Å²) in [7, 11) is 1.26. The fourth-order valence-electron chi connectivity index (χ4n) is 1.85. The smallest absolute Gasteiger partial charge is 0.332 e. The summed E-state index contributed by atoms with van der Waals surface area (Å²) in [6.07, 6.45) is 0. The molecule has 0 saturated carbocycles. The Morgan fingerprint density at radius 3 is 2.38 bits per heavy atom. The van der Waals surface area contributed by atoms with Crippen LogP contribution in [0.25, 0.3) is 0 Å². The van der Waals surface area contributed by atoms with E-state index in [1.165, 1.54) is 25.3 Å². The van der Waals surface area contributed by atoms with Crippen LogP contribution >= 0.6 is 23.2 Å². The van der Waals surface area contributed by atoms with Gasteiger partial charge in [-0.3, -0.25) is 0 Å². The van der Waals surface area contributed by atoms with E-state index in [1.807, 2.05) is 0 Å². The number of hydrogen-bond donors (Lipinski definition) is 1. The molecule has 110 valence electrons. The summed E-state index contributed by atoms with van der Waals surface area (Å²) in [5, 5.41) is 3.75. The van der Waals surface area contributed by atoms with Crippen molar-refractivity contribution in [3.8, 4) is 0 Å². The van der Waals surface area contributed by atoms with E-state index >= 15 is 0 Å². The van der Waals surface area contributed by atoms with Crippen LogP contribution in [0.1, 0.15) is 11.6 Å². The van der Waals surface area contributed by atoms with Gasteiger partial charge in [-0.2, -0.15) is 0 Å². The number of nitrogens with one attached hydrogen (secondary N) is 1. The van der Waals surface area contributed by atoms with Gasteiger partial charge in [-0.1, -0.05) is 23.2 Å². The van der Waals surface area contributed by atoms with Crippen molar-refractivity contribution < 1.29 is 13.9 Å². The molecule has 0 spiro atoms. The molecule has 0 bridgehead atoms. The highest BCUT2D eigenvalue weighted by atomic mass is 35.5. The monoisotopic (exact) mass is 327 g/mol. The first-order valence-corrected chi connectivity index (χ1v) is 6.81. The van der Waals surface area contributed by atoms with Gasteiger partial charge < -0.3 is 10.1 Å². The van der Waals surface area contributed by atoms with Crippen molar-refractivity contribution in [2.45, 2.75) is 6.04 Å². The lowest BCUT2D eigenvalue weighted by atomic mass is 10.1. The predicted octanol–water partition coefficient (Wildman–Crippen LogP) is 4.46. The molecule has 1 atom stereocenters. The molecule has 0 aliphatic heterocycles. The number of rotatable bonds is 4. The van der Waals surface area contributed by atoms with Crippen LogP contribution in [-0.4, -0.2) is 13.1 Å². The largest absolute Gasteiger partial charge is 0.467 e. The highest BCUT2D eigenvalue weighted by Crippen LogP contribution is 2.25. The molecule has 0 heterocycles. The molecular formula is C15H12Cl2FNO2. The van der Waals surface area contributed by atoms with Crippen LogP contribution in [0.3, 0.4) is 0 Å². The first kappa shape index (κ1) is 15.6. The minimum absolute atomic E-state index is 0.205. The van der Waals surface area contributed by atoms with E-state index in [0.29, 0.717) is 16.3 Å². The number of hydrogen-bond acceptors (Lipinski definition) is 3. The lowest BCUT2D eigenvalue weighted by molar-refractivity contribution is -0.141. The van der Waals surface area contributed by atoms with Crippen molar-refractivity contribution >= 4 is 34.9 Å². The third-order valence-corrected chi connectivity index (χ3v) is 3.28. The van der Waals surface area contributed by atoms with Crippen molar-refractivity contribution in [3.05, 3.63) is 63.9 Å². The van der Waals surface area contributed by atoms with E-state index < -0.39 is 17.8 Å². The quantitative estimate of drug-likeness (QED) is 0.842. The van der Waals surface area contributed by atoms with Crippen LogP contribution < -0.4 is 5.32 Å². The molecule has 21 heavy (non-hydrogen) atoms. The van der Waals surface area contributed by atoms with E-state index in [2.05, 4.69) is 5.32 Å². The zero-order chi connectivity index (χ0) is 15.4. The predicted molar refractivity (Wildman–Crippen MR) is 81.2 cm³/mol. The van der Waals surface area contributed by atoms with Crippen molar-refractivity contribution in [2.75, 3.05) is 12.4 Å². The minimum Gasteiger partial charge on any atom is -0.467 e. The molecule has 0 saturated heterocycles. The van der Waals surface area contributed by atoms with E-state index in [-0.39, 0.29) is 5.02 Å². The maximum absolute atomic E-state index is 13.5. The topological polar surface area (TPSA) is 38.3 Å². The highest BCUT2D eigenvalue weighted by molar-refractivity contribution is 6.31. The summed E-state index contributed by atoms with van der Waals surface area (Å²) in [5.74, 6) is -1.07. The first-order chi connectivity index (χ1) is 9.99. The zero-order valence-corrected chi connectivity index (χ0v) is 12.6. The van der Waals surface area contributed by atoms with Gasteiger partial charge in [0.1, 0.15) is 5.82 Å². The van der Waals surface area contributed by atoms with E-state index in [4.69, 9.17) is 27.9 Å². The average molecular weight is 328 g/mol. The number of carbonyl (C=O) groups is 1. The number of anilines is 1. The second-order valence-electron chi connectivity index (χ2n) is 4.31. The van der Waals surface area contributed by atoms with Crippen LogP contribution in [0.4, 0.5) is 10.1 Å². The Morgan fingerprint density at radius 1 is 1.14 bits per heavy atom. The van der Waals surface area contributed by atoms with Crippen LogP contribution in [0.15, 0.2) is 42.5 Å². The standard InChI is InChI=1S/C15H12Cl2FNO2/c1-21-15(20)14(9-6-11(17)8-12(18)7-9)19-13-4-2-10(16)3-5-13/h2-8,14,19H,1H3. The Hall–Kier alpha value is -1.78. The van der Waals surface area contributed by atoms with Crippen LogP contribution in [0.5, 0.6) is 0 Å². The normalized spacial score (nSPS) is 11.8. The Bertz CT molecular complexity index is 626. The van der Waals surface area contributed by atoms with Crippen molar-refractivity contribution in [1.29, 1.82) is 0 Å². The number of benzene rings is 2. The second kappa shape index (κ2) is 6.78. The van der Waals surface area contributed by atoms with Gasteiger partial charge in [0, 0.05) is 15.7 Å². The van der Waals surface area contributed by atoms with Gasteiger partial charge in [0.2, 0.25) is 0 Å². The third kappa shape index (κ3) is 4.09. The Labute approximate surface area is 131 Å². The molecule has 0 aliphatic carbocycles. The van der Waals surface area contributed by atoms with Gasteiger partial charge >= 0.3 is 5.97 Å². The lowest BCUT2D eigenvalue weighted by Crippen LogP contribution is -2.22. The van der Waals surface area contributed by atoms with Gasteiger partial charge in [0.15, 0.2) is 6.04 Å². The molecule has 2 rings (SSSR count). The third-order valence-electron chi connectivity index (χ3n) is 2.81. The van der Waals surface area contributed by atoms with Gasteiger partial charge in [-0.25, -0.2) is 9.18 Å². The molecule has 0 amide bonds. The fourth-order valence-corrected chi connectivity index (χ4v) is 2.21. The number of ether oxygens (including phenoxy) is 1. The number of methoxy groups -OCH3 is 1. The zero-order valence-electron chi connectivity index (χ0n) is 11.1. The lowest BCUT2D eigenvalue weighted by Gasteiger charge is -2.18. The summed E-state index contributed by atoms with van der Waals surface area (Å²) < 4.78 is 18.2. The maximum atomic E-state index is 13.5. The van der Waals surface area contributed by atoms with E-state index in [1.54, 1.807) is 24.3 Å². The molecular weight excluding hydrogens is 316 g/mol. The fraction of sp³-hybridized carbons (Fsp3) is 0.133. The molecule has 1 unspecified atom stereocenters. The number of carbonyl (C=O) groups excluding carboxylic acids is 1. The van der Waals surface area contributed by atoms with Gasteiger partial charge in [0.05, 0.1) is 7.11 Å². The van der Waals surface area contributed by atoms with E-state index in [0.717, 1.165) is 0 Å². The highest BCUT2D eigenvalue weighted by Gasteiger charge is 2.22. The summed E-state index contributed by atoms with van der Waals surface area (Å²) in [4.78, 5) is 11.9. The Kier molecular flexibility index (Phi) is 5.04. The van der Waals surface area contributed by atoms with Gasteiger partial charge in [0.25, 0.3) is 0 Å². The first-order valence-electron chi connectivity index (χ1n) is 6.05. The number of halogens is 3. The summed E-state index contributed by atoms with van der Waals surface area (Å²) in [6.45, 7) is 0. The second-order valence-corrected chi connectivity index (χ2v) is 5.18. The summed E-state index contributed by atoms with van der Waals surface area (Å²) in [6, 6.07) is 9.81. The molecule has 6 heteroatoms. The van der Waals surface area contributed by atoms with Crippen molar-refractivity contribution in [2.24, 2.45) is 0 Å². The average Bonchev–Trinajstić information content (AvgIpc) is 2.44.